The molecule has 0 saturated carbocycles. The second kappa shape index (κ2) is 7.07. The topological polar surface area (TPSA) is 29.3 Å². The van der Waals surface area contributed by atoms with E-state index in [-0.39, 0.29) is 11.9 Å². The second-order valence-electron chi connectivity index (χ2n) is 4.72. The summed E-state index contributed by atoms with van der Waals surface area (Å²) in [5.74, 6) is -0.284. The molecule has 0 fully saturated rings. The predicted molar refractivity (Wildman–Crippen MR) is 75.3 cm³/mol. The maximum atomic E-state index is 13.9. The van der Waals surface area contributed by atoms with Gasteiger partial charge in [0.15, 0.2) is 0 Å². The fourth-order valence-electron chi connectivity index (χ4n) is 2.21. The first kappa shape index (κ1) is 15.4. The van der Waals surface area contributed by atoms with E-state index >= 15 is 0 Å². The Labute approximate surface area is 114 Å². The van der Waals surface area contributed by atoms with Crippen LogP contribution in [-0.4, -0.2) is 24.5 Å². The number of hydrogen-bond acceptors (Lipinski definition) is 2. The van der Waals surface area contributed by atoms with Gasteiger partial charge in [0.2, 0.25) is 0 Å². The molecule has 0 aromatic heterocycles. The SMILES string of the molecule is CCCC(C)N(C)C(CN)c1ccc(Cl)cc1F. The molecule has 0 bridgehead atoms. The summed E-state index contributed by atoms with van der Waals surface area (Å²) in [5.41, 5.74) is 6.42. The van der Waals surface area contributed by atoms with Crippen molar-refractivity contribution in [3.05, 3.63) is 34.6 Å². The maximum Gasteiger partial charge on any atom is 0.129 e. The number of hydrogen-bond donors (Lipinski definition) is 1. The molecule has 0 aliphatic heterocycles. The number of likely N-dealkylation sites (N-methyl/N-ethyl adjacent to an activating group) is 1. The number of benzene rings is 1. The summed E-state index contributed by atoms with van der Waals surface area (Å²) in [6, 6.07) is 5.05. The minimum absolute atomic E-state index is 0.108. The van der Waals surface area contributed by atoms with Crippen LogP contribution in [-0.2, 0) is 0 Å². The molecule has 1 aromatic rings. The number of halogens is 2. The van der Waals surface area contributed by atoms with E-state index in [1.165, 1.54) is 6.07 Å². The van der Waals surface area contributed by atoms with Gasteiger partial charge in [-0.25, -0.2) is 4.39 Å². The average Bonchev–Trinajstić information content (AvgIpc) is 2.32. The van der Waals surface area contributed by atoms with Gasteiger partial charge in [0, 0.05) is 29.2 Å². The molecule has 2 unspecified atom stereocenters. The normalized spacial score (nSPS) is 14.8. The van der Waals surface area contributed by atoms with Crippen molar-refractivity contribution >= 4 is 11.6 Å². The largest absolute Gasteiger partial charge is 0.329 e. The lowest BCUT2D eigenvalue weighted by atomic mass is 10.0. The predicted octanol–water partition coefficient (Wildman–Crippen LogP) is 3.60. The molecule has 2 nitrogen and oxygen atoms in total. The highest BCUT2D eigenvalue weighted by Crippen LogP contribution is 2.26. The molecule has 2 N–H and O–H groups in total. The molecule has 18 heavy (non-hydrogen) atoms. The van der Waals surface area contributed by atoms with Crippen LogP contribution in [0.15, 0.2) is 18.2 Å². The van der Waals surface area contributed by atoms with Gasteiger partial charge in [-0.2, -0.15) is 0 Å². The third-order valence-electron chi connectivity index (χ3n) is 3.44. The van der Waals surface area contributed by atoms with Crippen LogP contribution in [0.25, 0.3) is 0 Å². The minimum Gasteiger partial charge on any atom is -0.329 e. The van der Waals surface area contributed by atoms with Crippen LogP contribution in [0.2, 0.25) is 5.02 Å². The Kier molecular flexibility index (Phi) is 6.06. The van der Waals surface area contributed by atoms with Gasteiger partial charge in [0.1, 0.15) is 5.82 Å². The molecule has 4 heteroatoms. The lowest BCUT2D eigenvalue weighted by molar-refractivity contribution is 0.176. The van der Waals surface area contributed by atoms with Crippen LogP contribution in [0, 0.1) is 5.82 Å². The number of nitrogens with zero attached hydrogens (tertiary/aromatic N) is 1. The molecular formula is C14H22ClFN2. The van der Waals surface area contributed by atoms with Crippen LogP contribution in [0.4, 0.5) is 4.39 Å². The Morgan fingerprint density at radius 2 is 2.11 bits per heavy atom. The zero-order valence-electron chi connectivity index (χ0n) is 11.3. The fourth-order valence-corrected chi connectivity index (χ4v) is 2.37. The molecule has 0 amide bonds. The Hall–Kier alpha value is -0.640. The summed E-state index contributed by atoms with van der Waals surface area (Å²) in [6.45, 7) is 4.67. The Bertz CT molecular complexity index is 384. The summed E-state index contributed by atoms with van der Waals surface area (Å²) in [5, 5.41) is 0.413. The standard InChI is InChI=1S/C14H22ClFN2/c1-4-5-10(2)18(3)14(9-17)12-7-6-11(15)8-13(12)16/h6-8,10,14H,4-5,9,17H2,1-3H3. The van der Waals surface area contributed by atoms with Gasteiger partial charge < -0.3 is 5.73 Å². The van der Waals surface area contributed by atoms with Crippen LogP contribution in [0.1, 0.15) is 38.3 Å². The van der Waals surface area contributed by atoms with Crippen molar-refractivity contribution in [2.45, 2.75) is 38.8 Å². The highest BCUT2D eigenvalue weighted by Gasteiger charge is 2.22. The van der Waals surface area contributed by atoms with E-state index in [0.29, 0.717) is 23.2 Å². The first-order valence-corrected chi connectivity index (χ1v) is 6.76. The summed E-state index contributed by atoms with van der Waals surface area (Å²) >= 11 is 5.77. The molecule has 1 aromatic carbocycles. The van der Waals surface area contributed by atoms with Gasteiger partial charge in [-0.3, -0.25) is 4.90 Å². The van der Waals surface area contributed by atoms with E-state index < -0.39 is 0 Å². The van der Waals surface area contributed by atoms with Crippen molar-refractivity contribution in [3.8, 4) is 0 Å². The lowest BCUT2D eigenvalue weighted by Gasteiger charge is -2.33. The van der Waals surface area contributed by atoms with Gasteiger partial charge >= 0.3 is 0 Å². The van der Waals surface area contributed by atoms with E-state index in [1.54, 1.807) is 12.1 Å². The van der Waals surface area contributed by atoms with E-state index in [0.717, 1.165) is 12.8 Å². The molecule has 0 radical (unpaired) electrons. The molecule has 0 heterocycles. The number of nitrogens with two attached hydrogens (primary N) is 1. The van der Waals surface area contributed by atoms with Crippen LogP contribution in [0.3, 0.4) is 0 Å². The maximum absolute atomic E-state index is 13.9. The molecular weight excluding hydrogens is 251 g/mol. The van der Waals surface area contributed by atoms with E-state index in [4.69, 9.17) is 17.3 Å². The molecule has 0 saturated heterocycles. The third-order valence-corrected chi connectivity index (χ3v) is 3.67. The Morgan fingerprint density at radius 1 is 1.44 bits per heavy atom. The highest BCUT2D eigenvalue weighted by atomic mass is 35.5. The van der Waals surface area contributed by atoms with Crippen LogP contribution in [0.5, 0.6) is 0 Å². The van der Waals surface area contributed by atoms with Gasteiger partial charge in [-0.15, -0.1) is 0 Å². The monoisotopic (exact) mass is 272 g/mol. The first-order chi connectivity index (χ1) is 8.51. The van der Waals surface area contributed by atoms with E-state index in [9.17, 15) is 4.39 Å². The van der Waals surface area contributed by atoms with Crippen molar-refractivity contribution in [2.24, 2.45) is 5.73 Å². The van der Waals surface area contributed by atoms with Gasteiger partial charge in [0.25, 0.3) is 0 Å². The average molecular weight is 273 g/mol. The van der Waals surface area contributed by atoms with Crippen molar-refractivity contribution < 1.29 is 4.39 Å². The van der Waals surface area contributed by atoms with Gasteiger partial charge in [-0.05, 0) is 32.5 Å². The molecule has 2 atom stereocenters. The summed E-state index contributed by atoms with van der Waals surface area (Å²) in [4.78, 5) is 2.13. The van der Waals surface area contributed by atoms with Crippen LogP contribution >= 0.6 is 11.6 Å². The lowest BCUT2D eigenvalue weighted by Crippen LogP contribution is -2.37. The van der Waals surface area contributed by atoms with Crippen molar-refractivity contribution in [1.82, 2.24) is 4.90 Å². The number of rotatable bonds is 6. The first-order valence-electron chi connectivity index (χ1n) is 6.38. The minimum atomic E-state index is -0.284. The third kappa shape index (κ3) is 3.67. The van der Waals surface area contributed by atoms with E-state index in [2.05, 4.69) is 18.7 Å². The van der Waals surface area contributed by atoms with E-state index in [1.807, 2.05) is 7.05 Å². The second-order valence-corrected chi connectivity index (χ2v) is 5.16. The molecule has 0 aliphatic rings. The van der Waals surface area contributed by atoms with Crippen molar-refractivity contribution in [2.75, 3.05) is 13.6 Å². The quantitative estimate of drug-likeness (QED) is 0.857. The zero-order chi connectivity index (χ0) is 13.7. The molecule has 102 valence electrons. The Morgan fingerprint density at radius 3 is 2.61 bits per heavy atom. The van der Waals surface area contributed by atoms with Gasteiger partial charge in [-0.1, -0.05) is 31.0 Å². The van der Waals surface area contributed by atoms with Gasteiger partial charge in [0.05, 0.1) is 0 Å². The zero-order valence-corrected chi connectivity index (χ0v) is 12.0. The van der Waals surface area contributed by atoms with Crippen LogP contribution < -0.4 is 5.73 Å². The summed E-state index contributed by atoms with van der Waals surface area (Å²) < 4.78 is 13.9. The molecule has 0 aliphatic carbocycles. The smallest absolute Gasteiger partial charge is 0.129 e. The fraction of sp³-hybridized carbons (Fsp3) is 0.571. The summed E-state index contributed by atoms with van der Waals surface area (Å²) in [6.07, 6.45) is 2.17. The summed E-state index contributed by atoms with van der Waals surface area (Å²) in [7, 11) is 1.99. The highest BCUT2D eigenvalue weighted by molar-refractivity contribution is 6.30. The Balaban J connectivity index is 2.94. The van der Waals surface area contributed by atoms with Crippen molar-refractivity contribution in [1.29, 1.82) is 0 Å². The van der Waals surface area contributed by atoms with Crippen molar-refractivity contribution in [3.63, 3.8) is 0 Å². The molecule has 1 rings (SSSR count). The molecule has 0 spiro atoms.